The Morgan fingerprint density at radius 3 is 2.67 bits per heavy atom. The summed E-state index contributed by atoms with van der Waals surface area (Å²) < 4.78 is 1.12. The molecule has 1 unspecified atom stereocenters. The van der Waals surface area contributed by atoms with Gasteiger partial charge in [-0.3, -0.25) is 0 Å². The van der Waals surface area contributed by atoms with E-state index in [0.717, 1.165) is 24.0 Å². The molecule has 2 aromatic carbocycles. The highest BCUT2D eigenvalue weighted by Gasteiger charge is 2.01. The SMILES string of the molecule is CC(CCN)NCc1ccc2cc(Br)ccc2c1. The lowest BCUT2D eigenvalue weighted by Gasteiger charge is -2.13. The zero-order chi connectivity index (χ0) is 13.0. The van der Waals surface area contributed by atoms with Crippen molar-refractivity contribution in [2.24, 2.45) is 5.73 Å². The molecule has 3 heteroatoms. The Labute approximate surface area is 117 Å². The number of hydrogen-bond donors (Lipinski definition) is 2. The molecular formula is C15H19BrN2. The Bertz CT molecular complexity index is 525. The van der Waals surface area contributed by atoms with Crippen LogP contribution in [0.2, 0.25) is 0 Å². The van der Waals surface area contributed by atoms with Gasteiger partial charge in [-0.2, -0.15) is 0 Å². The topological polar surface area (TPSA) is 38.0 Å². The van der Waals surface area contributed by atoms with Gasteiger partial charge in [0.1, 0.15) is 0 Å². The fourth-order valence-electron chi connectivity index (χ4n) is 2.02. The molecule has 0 aliphatic rings. The van der Waals surface area contributed by atoms with E-state index in [0.29, 0.717) is 6.04 Å². The Kier molecular flexibility index (Phi) is 4.75. The van der Waals surface area contributed by atoms with Crippen LogP contribution in [0.3, 0.4) is 0 Å². The zero-order valence-electron chi connectivity index (χ0n) is 10.6. The summed E-state index contributed by atoms with van der Waals surface area (Å²) in [4.78, 5) is 0. The summed E-state index contributed by atoms with van der Waals surface area (Å²) in [5, 5.41) is 6.03. The van der Waals surface area contributed by atoms with Crippen molar-refractivity contribution in [3.63, 3.8) is 0 Å². The third-order valence-corrected chi connectivity index (χ3v) is 3.61. The van der Waals surface area contributed by atoms with Crippen LogP contribution in [-0.4, -0.2) is 12.6 Å². The summed E-state index contributed by atoms with van der Waals surface area (Å²) in [5.41, 5.74) is 6.86. The molecule has 0 amide bonds. The van der Waals surface area contributed by atoms with Gasteiger partial charge in [-0.1, -0.05) is 34.1 Å². The van der Waals surface area contributed by atoms with Crippen LogP contribution >= 0.6 is 15.9 Å². The van der Waals surface area contributed by atoms with Gasteiger partial charge < -0.3 is 11.1 Å². The van der Waals surface area contributed by atoms with Crippen molar-refractivity contribution in [1.82, 2.24) is 5.32 Å². The van der Waals surface area contributed by atoms with E-state index in [-0.39, 0.29) is 0 Å². The van der Waals surface area contributed by atoms with Crippen LogP contribution in [0.4, 0.5) is 0 Å². The van der Waals surface area contributed by atoms with Gasteiger partial charge in [-0.05, 0) is 54.4 Å². The highest BCUT2D eigenvalue weighted by atomic mass is 79.9. The predicted molar refractivity (Wildman–Crippen MR) is 81.6 cm³/mol. The summed E-state index contributed by atoms with van der Waals surface area (Å²) in [6.07, 6.45) is 1.01. The van der Waals surface area contributed by atoms with Crippen LogP contribution in [0.25, 0.3) is 10.8 Å². The number of halogens is 1. The second kappa shape index (κ2) is 6.32. The molecule has 96 valence electrons. The molecule has 0 saturated heterocycles. The van der Waals surface area contributed by atoms with E-state index < -0.39 is 0 Å². The minimum atomic E-state index is 0.468. The molecule has 0 heterocycles. The van der Waals surface area contributed by atoms with E-state index in [1.54, 1.807) is 0 Å². The molecule has 0 aliphatic carbocycles. The average molecular weight is 307 g/mol. The molecule has 2 rings (SSSR count). The van der Waals surface area contributed by atoms with Crippen LogP contribution < -0.4 is 11.1 Å². The predicted octanol–water partition coefficient (Wildman–Crippen LogP) is 3.43. The van der Waals surface area contributed by atoms with E-state index in [9.17, 15) is 0 Å². The van der Waals surface area contributed by atoms with Gasteiger partial charge >= 0.3 is 0 Å². The van der Waals surface area contributed by atoms with Crippen LogP contribution in [0.5, 0.6) is 0 Å². The van der Waals surface area contributed by atoms with Crippen LogP contribution in [0, 0.1) is 0 Å². The van der Waals surface area contributed by atoms with E-state index in [1.165, 1.54) is 16.3 Å². The van der Waals surface area contributed by atoms with E-state index in [4.69, 9.17) is 5.73 Å². The maximum Gasteiger partial charge on any atom is 0.0208 e. The molecule has 3 N–H and O–H groups in total. The maximum absolute atomic E-state index is 5.54. The largest absolute Gasteiger partial charge is 0.330 e. The molecule has 0 saturated carbocycles. The van der Waals surface area contributed by atoms with E-state index >= 15 is 0 Å². The Hall–Kier alpha value is -0.900. The van der Waals surface area contributed by atoms with E-state index in [2.05, 4.69) is 64.6 Å². The van der Waals surface area contributed by atoms with Gasteiger partial charge in [-0.15, -0.1) is 0 Å². The maximum atomic E-state index is 5.54. The van der Waals surface area contributed by atoms with Crippen molar-refractivity contribution < 1.29 is 0 Å². The van der Waals surface area contributed by atoms with Crippen molar-refractivity contribution in [2.45, 2.75) is 25.9 Å². The van der Waals surface area contributed by atoms with Crippen molar-refractivity contribution in [3.05, 3.63) is 46.4 Å². The quantitative estimate of drug-likeness (QED) is 0.888. The molecule has 0 aliphatic heterocycles. The summed E-state index contributed by atoms with van der Waals surface area (Å²) in [6, 6.07) is 13.4. The molecule has 2 nitrogen and oxygen atoms in total. The molecule has 0 aromatic heterocycles. The molecule has 18 heavy (non-hydrogen) atoms. The van der Waals surface area contributed by atoms with Gasteiger partial charge in [-0.25, -0.2) is 0 Å². The molecule has 1 atom stereocenters. The van der Waals surface area contributed by atoms with E-state index in [1.807, 2.05) is 0 Å². The molecule has 2 aromatic rings. The average Bonchev–Trinajstić information content (AvgIpc) is 2.36. The number of hydrogen-bond acceptors (Lipinski definition) is 2. The minimum absolute atomic E-state index is 0.468. The van der Waals surface area contributed by atoms with Gasteiger partial charge in [0.15, 0.2) is 0 Å². The minimum Gasteiger partial charge on any atom is -0.330 e. The number of fused-ring (bicyclic) bond motifs is 1. The fraction of sp³-hybridized carbons (Fsp3) is 0.333. The number of nitrogens with one attached hydrogen (secondary N) is 1. The normalized spacial score (nSPS) is 12.8. The first-order chi connectivity index (χ1) is 8.69. The molecule has 0 fully saturated rings. The Morgan fingerprint density at radius 1 is 1.17 bits per heavy atom. The first-order valence-electron chi connectivity index (χ1n) is 6.30. The summed E-state index contributed by atoms with van der Waals surface area (Å²) in [7, 11) is 0. The van der Waals surface area contributed by atoms with Gasteiger partial charge in [0.2, 0.25) is 0 Å². The number of nitrogens with two attached hydrogens (primary N) is 1. The van der Waals surface area contributed by atoms with Crippen molar-refractivity contribution in [3.8, 4) is 0 Å². The molecule has 0 radical (unpaired) electrons. The Balaban J connectivity index is 2.08. The van der Waals surface area contributed by atoms with Crippen molar-refractivity contribution >= 4 is 26.7 Å². The summed E-state index contributed by atoms with van der Waals surface area (Å²) in [6.45, 7) is 3.80. The first kappa shape index (κ1) is 13.5. The highest BCUT2D eigenvalue weighted by Crippen LogP contribution is 2.20. The van der Waals surface area contributed by atoms with Crippen molar-refractivity contribution in [1.29, 1.82) is 0 Å². The van der Waals surface area contributed by atoms with Crippen LogP contribution in [0.1, 0.15) is 18.9 Å². The van der Waals surface area contributed by atoms with Crippen LogP contribution in [0.15, 0.2) is 40.9 Å². The molecule has 0 bridgehead atoms. The lowest BCUT2D eigenvalue weighted by atomic mass is 10.1. The van der Waals surface area contributed by atoms with Gasteiger partial charge in [0.25, 0.3) is 0 Å². The van der Waals surface area contributed by atoms with Gasteiger partial charge in [0.05, 0.1) is 0 Å². The molecular weight excluding hydrogens is 288 g/mol. The van der Waals surface area contributed by atoms with Gasteiger partial charge in [0, 0.05) is 17.1 Å². The second-order valence-electron chi connectivity index (χ2n) is 4.69. The standard InChI is InChI=1S/C15H19BrN2/c1-11(6-7-17)18-10-12-2-3-14-9-15(16)5-4-13(14)8-12/h2-5,8-9,11,18H,6-7,10,17H2,1H3. The number of rotatable bonds is 5. The Morgan fingerprint density at radius 2 is 1.89 bits per heavy atom. The first-order valence-corrected chi connectivity index (χ1v) is 7.10. The highest BCUT2D eigenvalue weighted by molar-refractivity contribution is 9.10. The lowest BCUT2D eigenvalue weighted by molar-refractivity contribution is 0.520. The zero-order valence-corrected chi connectivity index (χ0v) is 12.2. The fourth-order valence-corrected chi connectivity index (χ4v) is 2.40. The second-order valence-corrected chi connectivity index (χ2v) is 5.60. The monoisotopic (exact) mass is 306 g/mol. The van der Waals surface area contributed by atoms with Crippen molar-refractivity contribution in [2.75, 3.05) is 6.54 Å². The molecule has 0 spiro atoms. The smallest absolute Gasteiger partial charge is 0.0208 e. The third kappa shape index (κ3) is 3.55. The third-order valence-electron chi connectivity index (χ3n) is 3.12. The summed E-state index contributed by atoms with van der Waals surface area (Å²) in [5.74, 6) is 0. The van der Waals surface area contributed by atoms with Crippen LogP contribution in [-0.2, 0) is 6.54 Å². The summed E-state index contributed by atoms with van der Waals surface area (Å²) >= 11 is 3.49. The number of benzene rings is 2. The lowest BCUT2D eigenvalue weighted by Crippen LogP contribution is -2.27.